The van der Waals surface area contributed by atoms with E-state index in [0.717, 1.165) is 10.6 Å². The Bertz CT molecular complexity index is 677. The van der Waals surface area contributed by atoms with Gasteiger partial charge in [0.25, 0.3) is 0 Å². The summed E-state index contributed by atoms with van der Waals surface area (Å²) in [6.07, 6.45) is 1.41. The molecule has 0 radical (unpaired) electrons. The van der Waals surface area contributed by atoms with E-state index in [1.165, 1.54) is 24.3 Å². The van der Waals surface area contributed by atoms with Gasteiger partial charge in [-0.3, -0.25) is 9.59 Å². The molecule has 0 bridgehead atoms. The molecule has 134 valence electrons. The van der Waals surface area contributed by atoms with Crippen molar-refractivity contribution < 1.29 is 22.7 Å². The Morgan fingerprint density at radius 3 is 1.92 bits per heavy atom. The largest absolute Gasteiger partial charge is 0.427 e. The molecule has 0 saturated heterocycles. The second kappa shape index (κ2) is 8.28. The van der Waals surface area contributed by atoms with Gasteiger partial charge in [-0.2, -0.15) is 0 Å². The van der Waals surface area contributed by atoms with E-state index in [4.69, 9.17) is 4.74 Å². The van der Waals surface area contributed by atoms with Crippen LogP contribution in [0, 0.1) is 11.8 Å². The minimum absolute atomic E-state index is 0.0398. The molecule has 0 aliphatic rings. The van der Waals surface area contributed by atoms with E-state index >= 15 is 0 Å². The highest BCUT2D eigenvalue weighted by atomic mass is 32.2. The predicted molar refractivity (Wildman–Crippen MR) is 93.3 cm³/mol. The van der Waals surface area contributed by atoms with Gasteiger partial charge in [-0.15, -0.1) is 0 Å². The Morgan fingerprint density at radius 2 is 1.50 bits per heavy atom. The minimum atomic E-state index is -3.74. The topological polar surface area (TPSA) is 80.8 Å². The van der Waals surface area contributed by atoms with Crippen LogP contribution >= 0.6 is 0 Å². The molecule has 0 fully saturated rings. The number of hydrogen-bond donors (Lipinski definition) is 0. The maximum atomic E-state index is 12.2. The molecule has 0 aliphatic heterocycles. The van der Waals surface area contributed by atoms with Crippen molar-refractivity contribution in [3.8, 4) is 5.75 Å². The van der Waals surface area contributed by atoms with E-state index in [2.05, 4.69) is 0 Å². The van der Waals surface area contributed by atoms with Gasteiger partial charge in [0.1, 0.15) is 5.75 Å². The van der Waals surface area contributed by atoms with Gasteiger partial charge in [0.05, 0.1) is 11.9 Å². The molecule has 0 heterocycles. The van der Waals surface area contributed by atoms with E-state index in [-0.39, 0.29) is 29.9 Å². The van der Waals surface area contributed by atoms with Gasteiger partial charge in [0, 0.05) is 12.8 Å². The number of amides is 1. The van der Waals surface area contributed by atoms with Crippen LogP contribution in [-0.2, 0) is 19.6 Å². The Balaban J connectivity index is 2.98. The van der Waals surface area contributed by atoms with Crippen molar-refractivity contribution in [2.75, 3.05) is 10.6 Å². The Labute approximate surface area is 143 Å². The average Bonchev–Trinajstić information content (AvgIpc) is 2.37. The molecule has 1 aromatic carbocycles. The maximum absolute atomic E-state index is 12.2. The first-order valence-corrected chi connectivity index (χ1v) is 9.69. The Kier molecular flexibility index (Phi) is 6.95. The molecule has 24 heavy (non-hydrogen) atoms. The summed E-state index contributed by atoms with van der Waals surface area (Å²) in [6, 6.07) is 5.87. The third-order valence-electron chi connectivity index (χ3n) is 3.02. The molecule has 0 unspecified atom stereocenters. The van der Waals surface area contributed by atoms with Crippen LogP contribution in [0.3, 0.4) is 0 Å². The van der Waals surface area contributed by atoms with Crippen LogP contribution in [0.1, 0.15) is 40.5 Å². The van der Waals surface area contributed by atoms with Crippen LogP contribution in [0.15, 0.2) is 24.3 Å². The van der Waals surface area contributed by atoms with Crippen molar-refractivity contribution in [3.05, 3.63) is 24.3 Å². The molecule has 0 aliphatic carbocycles. The molecule has 0 spiro atoms. The molecule has 1 aromatic rings. The normalized spacial score (nSPS) is 11.6. The number of carbonyl (C=O) groups is 2. The molecule has 0 atom stereocenters. The number of benzene rings is 1. The predicted octanol–water partition coefficient (Wildman–Crippen LogP) is 2.98. The summed E-state index contributed by atoms with van der Waals surface area (Å²) < 4.78 is 29.9. The van der Waals surface area contributed by atoms with Crippen LogP contribution in [-0.4, -0.2) is 26.6 Å². The summed E-state index contributed by atoms with van der Waals surface area (Å²) in [6.45, 7) is 7.51. The smallest absolute Gasteiger partial charge is 0.311 e. The van der Waals surface area contributed by atoms with Crippen molar-refractivity contribution >= 4 is 27.6 Å². The summed E-state index contributed by atoms with van der Waals surface area (Å²) in [5, 5.41) is 0. The van der Waals surface area contributed by atoms with Crippen LogP contribution in [0.2, 0.25) is 0 Å². The van der Waals surface area contributed by atoms with Crippen molar-refractivity contribution in [2.45, 2.75) is 40.5 Å². The zero-order valence-electron chi connectivity index (χ0n) is 14.8. The van der Waals surface area contributed by atoms with E-state index in [9.17, 15) is 18.0 Å². The van der Waals surface area contributed by atoms with Crippen molar-refractivity contribution in [3.63, 3.8) is 0 Å². The highest BCUT2D eigenvalue weighted by molar-refractivity contribution is 7.92. The number of esters is 1. The second-order valence-corrected chi connectivity index (χ2v) is 8.42. The quantitative estimate of drug-likeness (QED) is 0.555. The van der Waals surface area contributed by atoms with Crippen LogP contribution in [0.25, 0.3) is 0 Å². The lowest BCUT2D eigenvalue weighted by atomic mass is 10.1. The molecular weight excluding hydrogens is 330 g/mol. The first-order valence-electron chi connectivity index (χ1n) is 7.84. The van der Waals surface area contributed by atoms with Gasteiger partial charge in [-0.25, -0.2) is 12.7 Å². The van der Waals surface area contributed by atoms with Crippen molar-refractivity contribution in [1.82, 2.24) is 0 Å². The fourth-order valence-electron chi connectivity index (χ4n) is 2.11. The summed E-state index contributed by atoms with van der Waals surface area (Å²) >= 11 is 0. The van der Waals surface area contributed by atoms with Gasteiger partial charge in [-0.1, -0.05) is 27.7 Å². The number of ether oxygens (including phenoxy) is 1. The highest BCUT2D eigenvalue weighted by Crippen LogP contribution is 2.23. The van der Waals surface area contributed by atoms with Crippen LogP contribution in [0.4, 0.5) is 5.69 Å². The lowest BCUT2D eigenvalue weighted by molar-refractivity contribution is -0.135. The standard InChI is InChI=1S/C17H25NO5S/c1-12(2)10-16(19)18(24(5,21)22)14-6-8-15(9-7-14)23-17(20)11-13(3)4/h6-9,12-13H,10-11H2,1-5H3. The van der Waals surface area contributed by atoms with E-state index < -0.39 is 15.9 Å². The maximum Gasteiger partial charge on any atom is 0.311 e. The van der Waals surface area contributed by atoms with Gasteiger partial charge in [0.15, 0.2) is 0 Å². The highest BCUT2D eigenvalue weighted by Gasteiger charge is 2.25. The number of anilines is 1. The molecular formula is C17H25NO5S. The Hall–Kier alpha value is -1.89. The van der Waals surface area contributed by atoms with E-state index in [1.54, 1.807) is 0 Å². The van der Waals surface area contributed by atoms with Gasteiger partial charge >= 0.3 is 5.97 Å². The molecule has 1 rings (SSSR count). The minimum Gasteiger partial charge on any atom is -0.427 e. The van der Waals surface area contributed by atoms with Gasteiger partial charge in [-0.05, 0) is 36.1 Å². The number of hydrogen-bond acceptors (Lipinski definition) is 5. The molecule has 0 aromatic heterocycles. The third kappa shape index (κ3) is 6.31. The fourth-order valence-corrected chi connectivity index (χ4v) is 3.06. The second-order valence-electron chi connectivity index (χ2n) is 6.59. The summed E-state index contributed by atoms with van der Waals surface area (Å²) in [5.74, 6) is -0.302. The zero-order chi connectivity index (χ0) is 18.5. The molecule has 0 N–H and O–H groups in total. The number of nitrogens with zero attached hydrogens (tertiary/aromatic N) is 1. The van der Waals surface area contributed by atoms with Crippen molar-refractivity contribution in [1.29, 1.82) is 0 Å². The molecule has 1 amide bonds. The monoisotopic (exact) mass is 355 g/mol. The van der Waals surface area contributed by atoms with E-state index in [0.29, 0.717) is 12.2 Å². The zero-order valence-corrected chi connectivity index (χ0v) is 15.6. The van der Waals surface area contributed by atoms with Crippen LogP contribution in [0.5, 0.6) is 5.75 Å². The first-order chi connectivity index (χ1) is 11.0. The van der Waals surface area contributed by atoms with E-state index in [1.807, 2.05) is 27.7 Å². The molecule has 7 heteroatoms. The molecule has 6 nitrogen and oxygen atoms in total. The first kappa shape index (κ1) is 20.2. The summed E-state index contributed by atoms with van der Waals surface area (Å²) in [5.41, 5.74) is 0.229. The number of rotatable bonds is 7. The number of sulfonamides is 1. The van der Waals surface area contributed by atoms with Gasteiger partial charge in [0.2, 0.25) is 15.9 Å². The van der Waals surface area contributed by atoms with Crippen LogP contribution < -0.4 is 9.04 Å². The lowest BCUT2D eigenvalue weighted by Gasteiger charge is -2.21. The average molecular weight is 355 g/mol. The molecule has 0 saturated carbocycles. The summed E-state index contributed by atoms with van der Waals surface area (Å²) in [7, 11) is -3.74. The van der Waals surface area contributed by atoms with Crippen molar-refractivity contribution in [2.24, 2.45) is 11.8 Å². The SMILES string of the molecule is CC(C)CC(=O)Oc1ccc(N(C(=O)CC(C)C)S(C)(=O)=O)cc1. The lowest BCUT2D eigenvalue weighted by Crippen LogP contribution is -2.36. The fraction of sp³-hybridized carbons (Fsp3) is 0.529. The third-order valence-corrected chi connectivity index (χ3v) is 4.10. The Morgan fingerprint density at radius 1 is 1.00 bits per heavy atom. The van der Waals surface area contributed by atoms with Gasteiger partial charge < -0.3 is 4.74 Å². The summed E-state index contributed by atoms with van der Waals surface area (Å²) in [4.78, 5) is 23.9. The number of carbonyl (C=O) groups excluding carboxylic acids is 2.